The fraction of sp³-hybridized carbons (Fsp3) is 0.294. The number of anilines is 1. The molecule has 0 saturated heterocycles. The molecule has 0 bridgehead atoms. The molecule has 1 heterocycles. The maximum atomic E-state index is 13.6. The summed E-state index contributed by atoms with van der Waals surface area (Å²) >= 11 is 0. The number of carbonyl (C=O) groups is 1. The number of amides is 1. The Bertz CT molecular complexity index is 809. The van der Waals surface area contributed by atoms with E-state index in [1.165, 1.54) is 12.1 Å². The van der Waals surface area contributed by atoms with Gasteiger partial charge < -0.3 is 4.42 Å². The molecule has 0 aliphatic carbocycles. The third kappa shape index (κ3) is 3.97. The lowest BCUT2D eigenvalue weighted by atomic mass is 10.2. The Kier molecular flexibility index (Phi) is 5.31. The van der Waals surface area contributed by atoms with E-state index in [0.717, 1.165) is 6.07 Å². The van der Waals surface area contributed by atoms with Crippen LogP contribution >= 0.6 is 0 Å². The van der Waals surface area contributed by atoms with Crippen molar-refractivity contribution in [1.29, 1.82) is 5.26 Å². The van der Waals surface area contributed by atoms with E-state index in [4.69, 9.17) is 9.68 Å². The number of nitrogens with zero attached hydrogens (tertiary/aromatic N) is 2. The first-order valence-electron chi connectivity index (χ1n) is 7.24. The number of benzene rings is 1. The van der Waals surface area contributed by atoms with Crippen molar-refractivity contribution in [2.45, 2.75) is 20.4 Å². The molecular weight excluding hydrogens is 316 g/mol. The molecule has 0 fully saturated rings. The van der Waals surface area contributed by atoms with E-state index in [0.29, 0.717) is 11.3 Å². The van der Waals surface area contributed by atoms with Crippen molar-refractivity contribution >= 4 is 11.8 Å². The third-order valence-electron chi connectivity index (χ3n) is 3.62. The Hall–Kier alpha value is -2.72. The Balaban J connectivity index is 1.99. The Morgan fingerprint density at radius 2 is 2.08 bits per heavy atom. The SMILES string of the molecule is Cc1oc(NC(=O)CN(C)Cc2ccc(F)cc2F)c(C#N)c1C. The van der Waals surface area contributed by atoms with Gasteiger partial charge in [-0.3, -0.25) is 15.0 Å². The molecule has 126 valence electrons. The first-order chi connectivity index (χ1) is 11.3. The zero-order chi connectivity index (χ0) is 17.9. The molecule has 0 aliphatic heterocycles. The van der Waals surface area contributed by atoms with Crippen molar-refractivity contribution < 1.29 is 18.0 Å². The molecule has 1 aromatic carbocycles. The summed E-state index contributed by atoms with van der Waals surface area (Å²) in [6.45, 7) is 3.53. The number of nitriles is 1. The minimum absolute atomic E-state index is 0.0412. The standard InChI is InChI=1S/C17H17F2N3O2/c1-10-11(2)24-17(14(10)7-20)21-16(23)9-22(3)8-12-4-5-13(18)6-15(12)19/h4-6H,8-9H2,1-3H3,(H,21,23). The number of rotatable bonds is 5. The number of nitrogens with one attached hydrogen (secondary N) is 1. The van der Waals surface area contributed by atoms with Gasteiger partial charge in [0.1, 0.15) is 29.0 Å². The number of carbonyl (C=O) groups excluding carboxylic acids is 1. The van der Waals surface area contributed by atoms with Crippen molar-refractivity contribution in [1.82, 2.24) is 4.90 Å². The van der Waals surface area contributed by atoms with Gasteiger partial charge in [0.25, 0.3) is 0 Å². The van der Waals surface area contributed by atoms with Crippen LogP contribution in [-0.2, 0) is 11.3 Å². The first-order valence-corrected chi connectivity index (χ1v) is 7.24. The van der Waals surface area contributed by atoms with Crippen molar-refractivity contribution in [2.75, 3.05) is 18.9 Å². The predicted octanol–water partition coefficient (Wildman–Crippen LogP) is 3.12. The van der Waals surface area contributed by atoms with Gasteiger partial charge in [0.05, 0.1) is 6.54 Å². The zero-order valence-electron chi connectivity index (χ0n) is 13.6. The van der Waals surface area contributed by atoms with Crippen molar-refractivity contribution in [3.05, 3.63) is 52.3 Å². The Morgan fingerprint density at radius 1 is 1.38 bits per heavy atom. The minimum atomic E-state index is -0.661. The summed E-state index contributed by atoms with van der Waals surface area (Å²) in [5, 5.41) is 11.7. The molecule has 7 heteroatoms. The van der Waals surface area contributed by atoms with E-state index in [2.05, 4.69) is 5.32 Å². The largest absolute Gasteiger partial charge is 0.444 e. The Morgan fingerprint density at radius 3 is 2.71 bits per heavy atom. The van der Waals surface area contributed by atoms with Gasteiger partial charge in [-0.1, -0.05) is 6.07 Å². The third-order valence-corrected chi connectivity index (χ3v) is 3.62. The molecular formula is C17H17F2N3O2. The maximum Gasteiger partial charge on any atom is 0.240 e. The fourth-order valence-corrected chi connectivity index (χ4v) is 2.26. The van der Waals surface area contributed by atoms with Crippen molar-refractivity contribution in [3.8, 4) is 6.07 Å². The summed E-state index contributed by atoms with van der Waals surface area (Å²) in [6, 6.07) is 5.30. The van der Waals surface area contributed by atoms with Crippen LogP contribution in [0, 0.1) is 36.8 Å². The average Bonchev–Trinajstić information content (AvgIpc) is 2.76. The van der Waals surface area contributed by atoms with Crippen LogP contribution in [0.15, 0.2) is 22.6 Å². The van der Waals surface area contributed by atoms with Gasteiger partial charge in [-0.05, 0) is 27.0 Å². The summed E-state index contributed by atoms with van der Waals surface area (Å²) in [4.78, 5) is 13.6. The lowest BCUT2D eigenvalue weighted by Crippen LogP contribution is -2.30. The number of likely N-dealkylation sites (N-methyl/N-ethyl adjacent to an activating group) is 1. The summed E-state index contributed by atoms with van der Waals surface area (Å²) in [5.74, 6) is -1.04. The van der Waals surface area contributed by atoms with Crippen LogP contribution in [0.1, 0.15) is 22.5 Å². The molecule has 0 radical (unpaired) electrons. The smallest absolute Gasteiger partial charge is 0.240 e. The molecule has 0 atom stereocenters. The molecule has 5 nitrogen and oxygen atoms in total. The monoisotopic (exact) mass is 333 g/mol. The molecule has 1 aromatic heterocycles. The molecule has 0 unspecified atom stereocenters. The highest BCUT2D eigenvalue weighted by Gasteiger charge is 2.17. The molecule has 1 N–H and O–H groups in total. The van der Waals surface area contributed by atoms with E-state index < -0.39 is 17.5 Å². The molecule has 2 aromatic rings. The second kappa shape index (κ2) is 7.23. The first kappa shape index (κ1) is 17.6. The molecule has 24 heavy (non-hydrogen) atoms. The van der Waals surface area contributed by atoms with Crippen LogP contribution in [0.5, 0.6) is 0 Å². The lowest BCUT2D eigenvalue weighted by molar-refractivity contribution is -0.117. The number of furan rings is 1. The number of halogens is 2. The van der Waals surface area contributed by atoms with Gasteiger partial charge >= 0.3 is 0 Å². The summed E-state index contributed by atoms with van der Waals surface area (Å²) < 4.78 is 31.9. The van der Waals surface area contributed by atoms with E-state index in [-0.39, 0.29) is 30.1 Å². The predicted molar refractivity (Wildman–Crippen MR) is 84.2 cm³/mol. The topological polar surface area (TPSA) is 69.3 Å². The molecule has 0 spiro atoms. The summed E-state index contributed by atoms with van der Waals surface area (Å²) in [5.41, 5.74) is 1.25. The minimum Gasteiger partial charge on any atom is -0.444 e. The van der Waals surface area contributed by atoms with Crippen LogP contribution < -0.4 is 5.32 Å². The second-order valence-corrected chi connectivity index (χ2v) is 5.56. The van der Waals surface area contributed by atoms with Crippen LogP contribution in [0.25, 0.3) is 0 Å². The summed E-state index contributed by atoms with van der Waals surface area (Å²) in [7, 11) is 1.63. The van der Waals surface area contributed by atoms with E-state index in [9.17, 15) is 13.6 Å². The number of aryl methyl sites for hydroxylation is 1. The van der Waals surface area contributed by atoms with Gasteiger partial charge in [0, 0.05) is 23.7 Å². The van der Waals surface area contributed by atoms with E-state index in [1.807, 2.05) is 6.07 Å². The molecule has 0 saturated carbocycles. The van der Waals surface area contributed by atoms with E-state index in [1.54, 1.807) is 25.8 Å². The van der Waals surface area contributed by atoms with Crippen LogP contribution in [0.3, 0.4) is 0 Å². The maximum absolute atomic E-state index is 13.6. The Labute approximate surface area is 138 Å². The fourth-order valence-electron chi connectivity index (χ4n) is 2.26. The van der Waals surface area contributed by atoms with Crippen LogP contribution in [0.2, 0.25) is 0 Å². The highest BCUT2D eigenvalue weighted by molar-refractivity contribution is 5.92. The van der Waals surface area contributed by atoms with Gasteiger partial charge in [-0.25, -0.2) is 8.78 Å². The van der Waals surface area contributed by atoms with Gasteiger partial charge in [0.2, 0.25) is 11.8 Å². The number of hydrogen-bond donors (Lipinski definition) is 1. The molecule has 0 aliphatic rings. The highest BCUT2D eigenvalue weighted by atomic mass is 19.1. The second-order valence-electron chi connectivity index (χ2n) is 5.56. The van der Waals surface area contributed by atoms with Crippen molar-refractivity contribution in [3.63, 3.8) is 0 Å². The van der Waals surface area contributed by atoms with Crippen molar-refractivity contribution in [2.24, 2.45) is 0 Å². The summed E-state index contributed by atoms with van der Waals surface area (Å²) in [6.07, 6.45) is 0. The van der Waals surface area contributed by atoms with Crippen LogP contribution in [-0.4, -0.2) is 24.4 Å². The van der Waals surface area contributed by atoms with Gasteiger partial charge in [-0.15, -0.1) is 0 Å². The normalized spacial score (nSPS) is 10.7. The number of hydrogen-bond acceptors (Lipinski definition) is 4. The lowest BCUT2D eigenvalue weighted by Gasteiger charge is -2.16. The van der Waals surface area contributed by atoms with Gasteiger partial charge in [0.15, 0.2) is 0 Å². The molecule has 2 rings (SSSR count). The highest BCUT2D eigenvalue weighted by Crippen LogP contribution is 2.25. The van der Waals surface area contributed by atoms with Crippen LogP contribution in [0.4, 0.5) is 14.7 Å². The van der Waals surface area contributed by atoms with Gasteiger partial charge in [-0.2, -0.15) is 5.26 Å². The molecule has 1 amide bonds. The quantitative estimate of drug-likeness (QED) is 0.913. The average molecular weight is 333 g/mol. The van der Waals surface area contributed by atoms with E-state index >= 15 is 0 Å². The zero-order valence-corrected chi connectivity index (χ0v) is 13.6.